The lowest BCUT2D eigenvalue weighted by Crippen LogP contribution is -2.31. The lowest BCUT2D eigenvalue weighted by Gasteiger charge is -2.18. The van der Waals surface area contributed by atoms with Gasteiger partial charge in [-0.05, 0) is 5.92 Å². The summed E-state index contributed by atoms with van der Waals surface area (Å²) in [6.45, 7) is 21.8. The minimum absolute atomic E-state index is 0.176. The van der Waals surface area contributed by atoms with Gasteiger partial charge in [-0.15, -0.1) is 0 Å². The molecular formula is C18H43NO2. The minimum Gasteiger partial charge on any atom is -0.369 e. The smallest absolute Gasteiger partial charge is 0.220 e. The van der Waals surface area contributed by atoms with E-state index in [1.807, 2.05) is 55.4 Å². The number of aldehydes is 1. The highest BCUT2D eigenvalue weighted by Crippen LogP contribution is 2.17. The van der Waals surface area contributed by atoms with Crippen molar-refractivity contribution in [2.24, 2.45) is 23.5 Å². The molecule has 0 fully saturated rings. The molecule has 0 aliphatic heterocycles. The fraction of sp³-hybridized carbons (Fsp3) is 0.889. The van der Waals surface area contributed by atoms with E-state index >= 15 is 0 Å². The second kappa shape index (κ2) is 31.5. The van der Waals surface area contributed by atoms with Crippen LogP contribution in [0, 0.1) is 17.8 Å². The van der Waals surface area contributed by atoms with Crippen LogP contribution in [-0.2, 0) is 9.59 Å². The van der Waals surface area contributed by atoms with Crippen LogP contribution in [-0.4, -0.2) is 12.2 Å². The summed E-state index contributed by atoms with van der Waals surface area (Å²) < 4.78 is 0. The van der Waals surface area contributed by atoms with Crippen LogP contribution < -0.4 is 5.73 Å². The number of nitrogens with two attached hydrogens (primary N) is 1. The van der Waals surface area contributed by atoms with Crippen LogP contribution in [0.25, 0.3) is 0 Å². The zero-order valence-corrected chi connectivity index (χ0v) is 16.6. The third-order valence-corrected chi connectivity index (χ3v) is 2.45. The molecule has 0 rings (SSSR count). The second-order valence-corrected chi connectivity index (χ2v) is 4.15. The summed E-state index contributed by atoms with van der Waals surface area (Å²) in [5.74, 6) is -0.828. The van der Waals surface area contributed by atoms with Gasteiger partial charge in [0.15, 0.2) is 0 Å². The van der Waals surface area contributed by atoms with Gasteiger partial charge in [-0.1, -0.05) is 89.0 Å². The number of carbonyl (C=O) groups excluding carboxylic acids is 2. The highest BCUT2D eigenvalue weighted by atomic mass is 16.1. The Morgan fingerprint density at radius 3 is 1.24 bits per heavy atom. The molecule has 2 atom stereocenters. The predicted octanol–water partition coefficient (Wildman–Crippen LogP) is 5.46. The van der Waals surface area contributed by atoms with E-state index in [9.17, 15) is 9.59 Å². The first-order valence-corrected chi connectivity index (χ1v) is 8.66. The molecule has 0 spiro atoms. The van der Waals surface area contributed by atoms with Crippen molar-refractivity contribution in [2.75, 3.05) is 0 Å². The number of amides is 1. The third kappa shape index (κ3) is 28.1. The van der Waals surface area contributed by atoms with Gasteiger partial charge in [0.05, 0.1) is 0 Å². The molecule has 0 aliphatic carbocycles. The largest absolute Gasteiger partial charge is 0.369 e. The highest BCUT2D eigenvalue weighted by Gasteiger charge is 2.23. The summed E-state index contributed by atoms with van der Waals surface area (Å²) >= 11 is 0. The molecule has 0 radical (unpaired) electrons. The van der Waals surface area contributed by atoms with Crippen molar-refractivity contribution in [3.05, 3.63) is 0 Å². The molecule has 132 valence electrons. The Morgan fingerprint density at radius 2 is 1.19 bits per heavy atom. The van der Waals surface area contributed by atoms with Crippen LogP contribution in [0.15, 0.2) is 0 Å². The Morgan fingerprint density at radius 1 is 0.905 bits per heavy atom. The number of hydrogen-bond acceptors (Lipinski definition) is 2. The zero-order valence-electron chi connectivity index (χ0n) is 16.6. The molecule has 0 aromatic carbocycles. The Hall–Kier alpha value is -0.860. The maximum atomic E-state index is 10.7. The predicted molar refractivity (Wildman–Crippen MR) is 97.4 cm³/mol. The van der Waals surface area contributed by atoms with Gasteiger partial charge in [0, 0.05) is 11.8 Å². The maximum Gasteiger partial charge on any atom is 0.220 e. The standard InChI is InChI=1S/C8H15NO2.C4H10.3C2H6/c1-5(2)7(4-10)6(3)8(9)11;1-3-4-2;3*1-2/h4-7H,1-3H3,(H2,9,11);3-4H2,1-2H3;3*1-2H3. The third-order valence-electron chi connectivity index (χ3n) is 2.45. The maximum absolute atomic E-state index is 10.7. The van der Waals surface area contributed by atoms with Crippen molar-refractivity contribution in [2.45, 2.75) is 89.0 Å². The summed E-state index contributed by atoms with van der Waals surface area (Å²) in [5, 5.41) is 0. The zero-order chi connectivity index (χ0) is 18.4. The topological polar surface area (TPSA) is 60.2 Å². The fourth-order valence-electron chi connectivity index (χ4n) is 1.04. The number of unbranched alkanes of at least 4 members (excludes halogenated alkanes) is 1. The van der Waals surface area contributed by atoms with Gasteiger partial charge in [0.1, 0.15) is 6.29 Å². The monoisotopic (exact) mass is 305 g/mol. The Labute approximate surface area is 135 Å². The molecule has 1 amide bonds. The first kappa shape index (κ1) is 32.2. The van der Waals surface area contributed by atoms with Gasteiger partial charge in [0.2, 0.25) is 5.91 Å². The molecule has 3 heteroatoms. The van der Waals surface area contributed by atoms with E-state index in [0.29, 0.717) is 0 Å². The van der Waals surface area contributed by atoms with Crippen LogP contribution >= 0.6 is 0 Å². The van der Waals surface area contributed by atoms with E-state index in [1.54, 1.807) is 6.92 Å². The molecule has 2 N–H and O–H groups in total. The minimum atomic E-state index is -0.407. The first-order valence-electron chi connectivity index (χ1n) is 8.66. The molecule has 0 bridgehead atoms. The second-order valence-electron chi connectivity index (χ2n) is 4.15. The van der Waals surface area contributed by atoms with E-state index in [1.165, 1.54) is 12.8 Å². The SMILES string of the molecule is CC.CC.CC.CC(C)C(C=O)C(C)C(N)=O.CCCC. The van der Waals surface area contributed by atoms with Crippen LogP contribution in [0.3, 0.4) is 0 Å². The summed E-state index contributed by atoms with van der Waals surface area (Å²) in [7, 11) is 0. The van der Waals surface area contributed by atoms with E-state index in [-0.39, 0.29) is 17.8 Å². The summed E-state index contributed by atoms with van der Waals surface area (Å²) in [6.07, 6.45) is 3.44. The van der Waals surface area contributed by atoms with Crippen molar-refractivity contribution >= 4 is 12.2 Å². The normalized spacial score (nSPS) is 10.7. The molecule has 21 heavy (non-hydrogen) atoms. The molecule has 0 saturated carbocycles. The highest BCUT2D eigenvalue weighted by molar-refractivity contribution is 5.79. The molecule has 0 heterocycles. The van der Waals surface area contributed by atoms with Gasteiger partial charge in [0.25, 0.3) is 0 Å². The van der Waals surface area contributed by atoms with Crippen molar-refractivity contribution in [1.82, 2.24) is 0 Å². The quantitative estimate of drug-likeness (QED) is 0.685. The van der Waals surface area contributed by atoms with Gasteiger partial charge in [-0.2, -0.15) is 0 Å². The van der Waals surface area contributed by atoms with Gasteiger partial charge in [-0.25, -0.2) is 0 Å². The molecular weight excluding hydrogens is 262 g/mol. The van der Waals surface area contributed by atoms with Crippen molar-refractivity contribution < 1.29 is 9.59 Å². The van der Waals surface area contributed by atoms with E-state index in [0.717, 1.165) is 6.29 Å². The average Bonchev–Trinajstić information content (AvgIpc) is 2.53. The van der Waals surface area contributed by atoms with Gasteiger partial charge in [-0.3, -0.25) is 4.79 Å². The van der Waals surface area contributed by atoms with E-state index in [4.69, 9.17) is 5.73 Å². The lowest BCUT2D eigenvalue weighted by atomic mass is 9.85. The molecule has 3 nitrogen and oxygen atoms in total. The Balaban J connectivity index is -0.0000000712. The number of primary amides is 1. The average molecular weight is 306 g/mol. The molecule has 2 unspecified atom stereocenters. The molecule has 0 aromatic rings. The van der Waals surface area contributed by atoms with Crippen LogP contribution in [0.4, 0.5) is 0 Å². The molecule has 0 aromatic heterocycles. The van der Waals surface area contributed by atoms with Crippen LogP contribution in [0.2, 0.25) is 0 Å². The Kier molecular flexibility index (Phi) is 48.3. The summed E-state index contributed by atoms with van der Waals surface area (Å²) in [6, 6.07) is 0. The molecule has 0 saturated heterocycles. The van der Waals surface area contributed by atoms with Crippen molar-refractivity contribution in [1.29, 1.82) is 0 Å². The van der Waals surface area contributed by atoms with Crippen molar-refractivity contribution in [3.63, 3.8) is 0 Å². The number of rotatable bonds is 5. The van der Waals surface area contributed by atoms with Crippen LogP contribution in [0.1, 0.15) is 89.0 Å². The van der Waals surface area contributed by atoms with E-state index < -0.39 is 5.91 Å². The fourth-order valence-corrected chi connectivity index (χ4v) is 1.04. The first-order chi connectivity index (χ1) is 9.92. The van der Waals surface area contributed by atoms with Crippen molar-refractivity contribution in [3.8, 4) is 0 Å². The molecule has 0 aliphatic rings. The summed E-state index contributed by atoms with van der Waals surface area (Å²) in [4.78, 5) is 21.2. The lowest BCUT2D eigenvalue weighted by molar-refractivity contribution is -0.127. The Bertz CT molecular complexity index is 178. The van der Waals surface area contributed by atoms with E-state index in [2.05, 4.69) is 13.8 Å². The van der Waals surface area contributed by atoms with Gasteiger partial charge >= 0.3 is 0 Å². The van der Waals surface area contributed by atoms with Gasteiger partial charge < -0.3 is 10.5 Å². The number of carbonyl (C=O) groups is 2. The number of hydrogen-bond donors (Lipinski definition) is 1. The summed E-state index contributed by atoms with van der Waals surface area (Å²) in [5.41, 5.74) is 5.05. The van der Waals surface area contributed by atoms with Crippen LogP contribution in [0.5, 0.6) is 0 Å².